The van der Waals surface area contributed by atoms with E-state index >= 15 is 0 Å². The fraction of sp³-hybridized carbons (Fsp3) is 0.647. The van der Waals surface area contributed by atoms with Gasteiger partial charge in [0.1, 0.15) is 0 Å². The lowest BCUT2D eigenvalue weighted by Crippen LogP contribution is -2.38. The molecule has 1 aromatic rings. The quantitative estimate of drug-likeness (QED) is 0.871. The molecule has 3 N–H and O–H groups in total. The van der Waals surface area contributed by atoms with Crippen LogP contribution in [0.1, 0.15) is 57.4 Å². The van der Waals surface area contributed by atoms with Crippen molar-refractivity contribution in [2.24, 2.45) is 11.1 Å². The summed E-state index contributed by atoms with van der Waals surface area (Å²) in [5.74, 6) is 0. The van der Waals surface area contributed by atoms with Gasteiger partial charge in [-0.15, -0.1) is 0 Å². The molecule has 0 aliphatic carbocycles. The first kappa shape index (κ1) is 16.2. The molecule has 0 bridgehead atoms. The fourth-order valence-corrected chi connectivity index (χ4v) is 2.50. The van der Waals surface area contributed by atoms with Crippen molar-refractivity contribution in [3.63, 3.8) is 0 Å². The molecule has 0 heterocycles. The van der Waals surface area contributed by atoms with E-state index in [0.717, 1.165) is 0 Å². The molecule has 1 atom stereocenters. The second kappa shape index (κ2) is 5.64. The first-order valence-electron chi connectivity index (χ1n) is 7.12. The number of nitrogens with two attached hydrogens (primary N) is 1. The zero-order valence-electron chi connectivity index (χ0n) is 13.6. The molecule has 2 heteroatoms. The predicted octanol–water partition coefficient (Wildman–Crippen LogP) is 3.54. The van der Waals surface area contributed by atoms with Crippen LogP contribution in [0, 0.1) is 12.3 Å². The first-order chi connectivity index (χ1) is 8.63. The van der Waals surface area contributed by atoms with E-state index in [2.05, 4.69) is 65.1 Å². The van der Waals surface area contributed by atoms with Crippen molar-refractivity contribution >= 4 is 0 Å². The highest BCUT2D eigenvalue weighted by Gasteiger charge is 2.30. The molecule has 19 heavy (non-hydrogen) atoms. The van der Waals surface area contributed by atoms with Crippen LogP contribution < -0.4 is 11.1 Å². The van der Waals surface area contributed by atoms with Gasteiger partial charge in [-0.2, -0.15) is 0 Å². The molecule has 0 amide bonds. The first-order valence-corrected chi connectivity index (χ1v) is 7.12. The molecule has 2 nitrogen and oxygen atoms in total. The highest BCUT2D eigenvalue weighted by molar-refractivity contribution is 5.37. The second-order valence-corrected chi connectivity index (χ2v) is 7.24. The Kier molecular flexibility index (Phi) is 4.81. The van der Waals surface area contributed by atoms with Crippen molar-refractivity contribution in [2.45, 2.75) is 53.0 Å². The molecule has 0 aliphatic rings. The molecule has 0 saturated carbocycles. The molecular weight excluding hydrogens is 232 g/mol. The Hall–Kier alpha value is -0.860. The van der Waals surface area contributed by atoms with Gasteiger partial charge >= 0.3 is 0 Å². The number of aryl methyl sites for hydroxylation is 1. The van der Waals surface area contributed by atoms with Crippen molar-refractivity contribution in [1.29, 1.82) is 0 Å². The summed E-state index contributed by atoms with van der Waals surface area (Å²) < 4.78 is 0. The normalized spacial score (nSPS) is 14.5. The third-order valence-electron chi connectivity index (χ3n) is 4.05. The van der Waals surface area contributed by atoms with Crippen molar-refractivity contribution in [3.8, 4) is 0 Å². The smallest absolute Gasteiger partial charge is 0.0384 e. The van der Waals surface area contributed by atoms with Crippen molar-refractivity contribution in [2.75, 3.05) is 13.6 Å². The third-order valence-corrected chi connectivity index (χ3v) is 4.05. The molecule has 0 saturated heterocycles. The SMILES string of the molecule is CNC(c1cc(C(C)(C)C)ccc1C)C(C)(C)CN. The Balaban J connectivity index is 3.32. The van der Waals surface area contributed by atoms with Gasteiger partial charge in [0, 0.05) is 6.04 Å². The lowest BCUT2D eigenvalue weighted by atomic mass is 9.77. The van der Waals surface area contributed by atoms with Crippen LogP contribution in [-0.2, 0) is 5.41 Å². The van der Waals surface area contributed by atoms with Crippen LogP contribution >= 0.6 is 0 Å². The largest absolute Gasteiger partial charge is 0.330 e. The second-order valence-electron chi connectivity index (χ2n) is 7.24. The van der Waals surface area contributed by atoms with Crippen LogP contribution in [0.5, 0.6) is 0 Å². The maximum absolute atomic E-state index is 5.95. The minimum absolute atomic E-state index is 0.0377. The third kappa shape index (κ3) is 3.58. The number of benzene rings is 1. The van der Waals surface area contributed by atoms with Crippen LogP contribution in [0.15, 0.2) is 18.2 Å². The minimum atomic E-state index is 0.0377. The summed E-state index contributed by atoms with van der Waals surface area (Å²) in [5.41, 5.74) is 10.2. The van der Waals surface area contributed by atoms with Crippen molar-refractivity contribution in [1.82, 2.24) is 5.32 Å². The van der Waals surface area contributed by atoms with Crippen LogP contribution in [0.25, 0.3) is 0 Å². The van der Waals surface area contributed by atoms with E-state index in [9.17, 15) is 0 Å². The summed E-state index contributed by atoms with van der Waals surface area (Å²) in [5, 5.41) is 3.45. The molecular formula is C17H30N2. The van der Waals surface area contributed by atoms with Gasteiger partial charge in [0.2, 0.25) is 0 Å². The molecule has 0 aliphatic heterocycles. The Morgan fingerprint density at radius 1 is 1.16 bits per heavy atom. The molecule has 0 radical (unpaired) electrons. The van der Waals surface area contributed by atoms with Gasteiger partial charge in [-0.25, -0.2) is 0 Å². The molecule has 0 aromatic heterocycles. The molecule has 1 rings (SSSR count). The summed E-state index contributed by atoms with van der Waals surface area (Å²) >= 11 is 0. The average molecular weight is 262 g/mol. The summed E-state index contributed by atoms with van der Waals surface area (Å²) in [6.45, 7) is 14.0. The minimum Gasteiger partial charge on any atom is -0.330 e. The van der Waals surface area contributed by atoms with Crippen LogP contribution in [0.2, 0.25) is 0 Å². The van der Waals surface area contributed by atoms with Crippen molar-refractivity contribution < 1.29 is 0 Å². The maximum atomic E-state index is 5.95. The number of hydrogen-bond acceptors (Lipinski definition) is 2. The zero-order valence-corrected chi connectivity index (χ0v) is 13.6. The standard InChI is InChI=1S/C17H30N2/c1-12-8-9-13(16(2,3)4)10-14(12)15(19-7)17(5,6)11-18/h8-10,15,19H,11,18H2,1-7H3. The monoisotopic (exact) mass is 262 g/mol. The molecule has 1 aromatic carbocycles. The van der Waals surface area contributed by atoms with Crippen molar-refractivity contribution in [3.05, 3.63) is 34.9 Å². The van der Waals surface area contributed by atoms with Gasteiger partial charge in [0.25, 0.3) is 0 Å². The van der Waals surface area contributed by atoms with E-state index < -0.39 is 0 Å². The van der Waals surface area contributed by atoms with E-state index in [4.69, 9.17) is 5.73 Å². The number of nitrogens with one attached hydrogen (secondary N) is 1. The lowest BCUT2D eigenvalue weighted by Gasteiger charge is -2.35. The Labute approximate surface area is 118 Å². The van der Waals surface area contributed by atoms with E-state index in [0.29, 0.717) is 6.54 Å². The summed E-state index contributed by atoms with van der Waals surface area (Å²) in [6, 6.07) is 7.08. The predicted molar refractivity (Wildman–Crippen MR) is 84.5 cm³/mol. The van der Waals surface area contributed by atoms with Crippen LogP contribution in [0.3, 0.4) is 0 Å². The Morgan fingerprint density at radius 2 is 1.74 bits per heavy atom. The fourth-order valence-electron chi connectivity index (χ4n) is 2.50. The number of rotatable bonds is 4. The van der Waals surface area contributed by atoms with E-state index in [1.807, 2.05) is 7.05 Å². The summed E-state index contributed by atoms with van der Waals surface area (Å²) in [7, 11) is 2.02. The van der Waals surface area contributed by atoms with Gasteiger partial charge < -0.3 is 11.1 Å². The maximum Gasteiger partial charge on any atom is 0.0384 e. The Bertz CT molecular complexity index is 427. The molecule has 1 unspecified atom stereocenters. The summed E-state index contributed by atoms with van der Waals surface area (Å²) in [4.78, 5) is 0. The Morgan fingerprint density at radius 3 is 2.16 bits per heavy atom. The molecule has 0 spiro atoms. The van der Waals surface area contributed by atoms with Gasteiger partial charge in [0.15, 0.2) is 0 Å². The van der Waals surface area contributed by atoms with Gasteiger partial charge in [-0.05, 0) is 48.0 Å². The lowest BCUT2D eigenvalue weighted by molar-refractivity contribution is 0.264. The summed E-state index contributed by atoms with van der Waals surface area (Å²) in [6.07, 6.45) is 0. The molecule has 0 fully saturated rings. The van der Waals surface area contributed by atoms with E-state index in [1.54, 1.807) is 0 Å². The van der Waals surface area contributed by atoms with E-state index in [1.165, 1.54) is 16.7 Å². The van der Waals surface area contributed by atoms with E-state index in [-0.39, 0.29) is 16.9 Å². The van der Waals surface area contributed by atoms with Crippen LogP contribution in [0.4, 0.5) is 0 Å². The van der Waals surface area contributed by atoms with Crippen LogP contribution in [-0.4, -0.2) is 13.6 Å². The number of hydrogen-bond donors (Lipinski definition) is 2. The molecule has 108 valence electrons. The highest BCUT2D eigenvalue weighted by Crippen LogP contribution is 2.36. The van der Waals surface area contributed by atoms with Gasteiger partial charge in [-0.3, -0.25) is 0 Å². The zero-order chi connectivity index (χ0) is 14.8. The average Bonchev–Trinajstić information content (AvgIpc) is 2.30. The van der Waals surface area contributed by atoms with Gasteiger partial charge in [0.05, 0.1) is 0 Å². The topological polar surface area (TPSA) is 38.0 Å². The van der Waals surface area contributed by atoms with Gasteiger partial charge in [-0.1, -0.05) is 52.8 Å². The highest BCUT2D eigenvalue weighted by atomic mass is 14.9.